The van der Waals surface area contributed by atoms with Crippen LogP contribution < -0.4 is 0 Å². The molecule has 64 valence electrons. The maximum Gasteiger partial charge on any atom is 0.176 e. The van der Waals surface area contributed by atoms with Gasteiger partial charge in [0.2, 0.25) is 0 Å². The predicted octanol–water partition coefficient (Wildman–Crippen LogP) is 3.01. The van der Waals surface area contributed by atoms with Crippen LogP contribution in [0, 0.1) is 9.39 Å². The fourth-order valence-electron chi connectivity index (χ4n) is 0.788. The number of alkyl halides is 1. The van der Waals surface area contributed by atoms with E-state index in [-0.39, 0.29) is 16.7 Å². The van der Waals surface area contributed by atoms with Crippen molar-refractivity contribution >= 4 is 44.3 Å². The first-order valence-electron chi connectivity index (χ1n) is 3.19. The average molecular weight is 343 g/mol. The van der Waals surface area contributed by atoms with E-state index in [1.165, 1.54) is 12.1 Å². The van der Waals surface area contributed by atoms with Gasteiger partial charge in [0.1, 0.15) is 5.82 Å². The fraction of sp³-hybridized carbons (Fsp3) is 0.125. The Balaban J connectivity index is 3.09. The Labute approximate surface area is 91.6 Å². The van der Waals surface area contributed by atoms with Crippen molar-refractivity contribution in [3.63, 3.8) is 0 Å². The van der Waals surface area contributed by atoms with E-state index in [0.717, 1.165) is 3.57 Å². The van der Waals surface area contributed by atoms with Crippen molar-refractivity contribution in [2.24, 2.45) is 0 Å². The van der Waals surface area contributed by atoms with Gasteiger partial charge in [-0.1, -0.05) is 15.9 Å². The summed E-state index contributed by atoms with van der Waals surface area (Å²) in [5, 5.41) is 0.157. The van der Waals surface area contributed by atoms with Crippen LogP contribution in [0.3, 0.4) is 0 Å². The third kappa shape index (κ3) is 2.26. The minimum absolute atomic E-state index is 0.146. The van der Waals surface area contributed by atoms with Crippen LogP contribution in [0.25, 0.3) is 0 Å². The SMILES string of the molecule is O=C(CBr)c1ccc(I)cc1F. The van der Waals surface area contributed by atoms with Gasteiger partial charge >= 0.3 is 0 Å². The number of hydrogen-bond donors (Lipinski definition) is 0. The monoisotopic (exact) mass is 342 g/mol. The lowest BCUT2D eigenvalue weighted by molar-refractivity contribution is 0.102. The van der Waals surface area contributed by atoms with Gasteiger partial charge in [-0.2, -0.15) is 0 Å². The number of hydrogen-bond acceptors (Lipinski definition) is 1. The number of carbonyl (C=O) groups excluding carboxylic acids is 1. The van der Waals surface area contributed by atoms with Crippen LogP contribution in [-0.4, -0.2) is 11.1 Å². The molecule has 0 aromatic heterocycles. The van der Waals surface area contributed by atoms with E-state index >= 15 is 0 Å². The Morgan fingerprint density at radius 2 is 2.25 bits per heavy atom. The largest absolute Gasteiger partial charge is 0.293 e. The summed E-state index contributed by atoms with van der Waals surface area (Å²) in [5.41, 5.74) is 0.146. The molecule has 0 spiro atoms. The average Bonchev–Trinajstić information content (AvgIpc) is 2.03. The second-order valence-electron chi connectivity index (χ2n) is 2.18. The van der Waals surface area contributed by atoms with Crippen molar-refractivity contribution in [2.45, 2.75) is 0 Å². The minimum Gasteiger partial charge on any atom is -0.293 e. The number of benzene rings is 1. The highest BCUT2D eigenvalue weighted by Crippen LogP contribution is 2.13. The van der Waals surface area contributed by atoms with Gasteiger partial charge in [-0.3, -0.25) is 4.79 Å². The zero-order valence-electron chi connectivity index (χ0n) is 5.98. The summed E-state index contributed by atoms with van der Waals surface area (Å²) < 4.78 is 13.8. The molecule has 0 heterocycles. The first kappa shape index (κ1) is 10.1. The zero-order chi connectivity index (χ0) is 9.14. The molecule has 0 saturated carbocycles. The zero-order valence-corrected chi connectivity index (χ0v) is 9.72. The molecule has 0 fully saturated rings. The third-order valence-corrected chi connectivity index (χ3v) is 2.53. The van der Waals surface area contributed by atoms with Crippen molar-refractivity contribution in [3.8, 4) is 0 Å². The smallest absolute Gasteiger partial charge is 0.176 e. The molecule has 4 heteroatoms. The van der Waals surface area contributed by atoms with E-state index in [9.17, 15) is 9.18 Å². The van der Waals surface area contributed by atoms with Gasteiger partial charge < -0.3 is 0 Å². The molecular formula is C8H5BrFIO. The first-order valence-corrected chi connectivity index (χ1v) is 5.39. The van der Waals surface area contributed by atoms with Crippen LogP contribution in [-0.2, 0) is 0 Å². The van der Waals surface area contributed by atoms with Gasteiger partial charge in [0.25, 0.3) is 0 Å². The van der Waals surface area contributed by atoms with Gasteiger partial charge in [-0.25, -0.2) is 4.39 Å². The van der Waals surface area contributed by atoms with Crippen molar-refractivity contribution in [1.82, 2.24) is 0 Å². The van der Waals surface area contributed by atoms with Gasteiger partial charge in [-0.05, 0) is 40.8 Å². The van der Waals surface area contributed by atoms with Crippen molar-refractivity contribution in [3.05, 3.63) is 33.1 Å². The summed E-state index contributed by atoms with van der Waals surface area (Å²) in [7, 11) is 0. The highest BCUT2D eigenvalue weighted by atomic mass is 127. The lowest BCUT2D eigenvalue weighted by Gasteiger charge is -1.99. The summed E-state index contributed by atoms with van der Waals surface area (Å²) in [6.07, 6.45) is 0. The number of carbonyl (C=O) groups is 1. The van der Waals surface area contributed by atoms with Crippen LogP contribution in [0.5, 0.6) is 0 Å². The van der Waals surface area contributed by atoms with E-state index in [1.807, 2.05) is 22.6 Å². The Kier molecular flexibility index (Phi) is 3.64. The Morgan fingerprint density at radius 3 is 2.75 bits per heavy atom. The highest BCUT2D eigenvalue weighted by molar-refractivity contribution is 14.1. The van der Waals surface area contributed by atoms with E-state index < -0.39 is 5.82 Å². The number of ketones is 1. The standard InChI is InChI=1S/C8H5BrFIO/c9-4-8(12)6-2-1-5(11)3-7(6)10/h1-3H,4H2. The van der Waals surface area contributed by atoms with Gasteiger partial charge in [0.15, 0.2) is 5.78 Å². The van der Waals surface area contributed by atoms with Crippen LogP contribution in [0.1, 0.15) is 10.4 Å². The molecule has 0 amide bonds. The topological polar surface area (TPSA) is 17.1 Å². The molecule has 0 aliphatic rings. The van der Waals surface area contributed by atoms with Crippen molar-refractivity contribution in [1.29, 1.82) is 0 Å². The van der Waals surface area contributed by atoms with Crippen LogP contribution >= 0.6 is 38.5 Å². The summed E-state index contributed by atoms with van der Waals surface area (Å²) in [6.45, 7) is 0. The quantitative estimate of drug-likeness (QED) is 0.459. The number of Topliss-reactive ketones (excluding diaryl/α,β-unsaturated/α-hetero) is 1. The van der Waals surface area contributed by atoms with Gasteiger partial charge in [0.05, 0.1) is 10.9 Å². The molecule has 0 aliphatic carbocycles. The first-order chi connectivity index (χ1) is 5.65. The van der Waals surface area contributed by atoms with Crippen LogP contribution in [0.2, 0.25) is 0 Å². The van der Waals surface area contributed by atoms with E-state index in [4.69, 9.17) is 0 Å². The maximum atomic E-state index is 13.0. The summed E-state index contributed by atoms with van der Waals surface area (Å²) in [4.78, 5) is 11.1. The third-order valence-electron chi connectivity index (χ3n) is 1.35. The molecule has 1 nitrogen and oxygen atoms in total. The van der Waals surface area contributed by atoms with Gasteiger partial charge in [0, 0.05) is 3.57 Å². The maximum absolute atomic E-state index is 13.0. The number of rotatable bonds is 2. The second kappa shape index (κ2) is 4.32. The molecule has 0 saturated heterocycles. The molecule has 0 aliphatic heterocycles. The molecule has 1 rings (SSSR count). The Morgan fingerprint density at radius 1 is 1.58 bits per heavy atom. The molecule has 1 aromatic rings. The fourth-order valence-corrected chi connectivity index (χ4v) is 1.54. The van der Waals surface area contributed by atoms with Gasteiger partial charge in [-0.15, -0.1) is 0 Å². The van der Waals surface area contributed by atoms with E-state index in [1.54, 1.807) is 6.07 Å². The molecule has 0 atom stereocenters. The molecule has 0 unspecified atom stereocenters. The van der Waals surface area contributed by atoms with E-state index in [2.05, 4.69) is 15.9 Å². The second-order valence-corrected chi connectivity index (χ2v) is 3.99. The minimum atomic E-state index is -0.452. The lowest BCUT2D eigenvalue weighted by atomic mass is 10.1. The summed E-state index contributed by atoms with van der Waals surface area (Å²) in [6, 6.07) is 4.55. The molecule has 0 bridgehead atoms. The van der Waals surface area contributed by atoms with Crippen molar-refractivity contribution in [2.75, 3.05) is 5.33 Å². The highest BCUT2D eigenvalue weighted by Gasteiger charge is 2.09. The van der Waals surface area contributed by atoms with Crippen molar-refractivity contribution < 1.29 is 9.18 Å². The molecule has 12 heavy (non-hydrogen) atoms. The molecule has 0 N–H and O–H groups in total. The molecule has 0 radical (unpaired) electrons. The lowest BCUT2D eigenvalue weighted by Crippen LogP contribution is -2.03. The predicted molar refractivity (Wildman–Crippen MR) is 57.2 cm³/mol. The molecular weight excluding hydrogens is 338 g/mol. The summed E-state index contributed by atoms with van der Waals surface area (Å²) in [5.74, 6) is -0.685. The normalized spacial score (nSPS) is 9.92. The Hall–Kier alpha value is 0.0300. The molecule has 1 aromatic carbocycles. The van der Waals surface area contributed by atoms with Crippen LogP contribution in [0.15, 0.2) is 18.2 Å². The van der Waals surface area contributed by atoms with E-state index in [0.29, 0.717) is 0 Å². The Bertz CT molecular complexity index is 314. The summed E-state index contributed by atoms with van der Waals surface area (Å²) >= 11 is 4.98. The van der Waals surface area contributed by atoms with Crippen LogP contribution in [0.4, 0.5) is 4.39 Å². The number of halogens is 3.